The van der Waals surface area contributed by atoms with Crippen molar-refractivity contribution < 1.29 is 9.90 Å². The summed E-state index contributed by atoms with van der Waals surface area (Å²) in [4.78, 5) is 10.8. The number of carboxylic acid groups (broad SMARTS) is 1. The number of aryl methyl sites for hydroxylation is 1. The first-order chi connectivity index (χ1) is 8.52. The first-order valence-corrected chi connectivity index (χ1v) is 5.56. The van der Waals surface area contributed by atoms with Gasteiger partial charge in [-0.25, -0.2) is 0 Å². The molecule has 18 heavy (non-hydrogen) atoms. The lowest BCUT2D eigenvalue weighted by molar-refractivity contribution is -0.138. The van der Waals surface area contributed by atoms with E-state index < -0.39 is 12.0 Å². The number of aromatic nitrogens is 1. The number of benzene rings is 1. The zero-order valence-electron chi connectivity index (χ0n) is 10.1. The third-order valence-corrected chi connectivity index (χ3v) is 3.00. The van der Waals surface area contributed by atoms with Crippen LogP contribution in [-0.4, -0.2) is 21.7 Å². The minimum Gasteiger partial charge on any atom is -0.480 e. The number of nitrogens with two attached hydrogens (primary N) is 1. The topological polar surface area (TPSA) is 68.2 Å². The van der Waals surface area contributed by atoms with Crippen molar-refractivity contribution in [1.82, 2.24) is 4.57 Å². The van der Waals surface area contributed by atoms with E-state index in [4.69, 9.17) is 17.3 Å². The number of rotatable bonds is 3. The quantitative estimate of drug-likeness (QED) is 0.792. The van der Waals surface area contributed by atoms with E-state index in [0.29, 0.717) is 6.42 Å². The largest absolute Gasteiger partial charge is 0.480 e. The summed E-state index contributed by atoms with van der Waals surface area (Å²) in [6.45, 7) is 0. The Kier molecular flexibility index (Phi) is 3.09. The highest BCUT2D eigenvalue weighted by Crippen LogP contribution is 2.23. The highest BCUT2D eigenvalue weighted by Gasteiger charge is 2.15. The molecule has 1 heterocycles. The van der Waals surface area contributed by atoms with Crippen molar-refractivity contribution in [3.8, 4) is 12.3 Å². The van der Waals surface area contributed by atoms with E-state index in [9.17, 15) is 4.79 Å². The Morgan fingerprint density at radius 3 is 2.94 bits per heavy atom. The van der Waals surface area contributed by atoms with Gasteiger partial charge in [-0.3, -0.25) is 4.79 Å². The Bertz CT molecular complexity index is 650. The number of hydrogen-bond acceptors (Lipinski definition) is 2. The van der Waals surface area contributed by atoms with E-state index in [1.165, 1.54) is 0 Å². The molecule has 92 valence electrons. The van der Waals surface area contributed by atoms with Crippen LogP contribution in [0.3, 0.4) is 0 Å². The molecule has 0 aliphatic heterocycles. The van der Waals surface area contributed by atoms with Gasteiger partial charge >= 0.3 is 5.97 Å². The number of terminal acetylenes is 1. The van der Waals surface area contributed by atoms with Gasteiger partial charge < -0.3 is 15.4 Å². The van der Waals surface area contributed by atoms with Crippen LogP contribution in [0.2, 0.25) is 0 Å². The molecule has 1 aromatic carbocycles. The van der Waals surface area contributed by atoms with Gasteiger partial charge in [0.15, 0.2) is 0 Å². The summed E-state index contributed by atoms with van der Waals surface area (Å²) in [5.41, 5.74) is 8.26. The fourth-order valence-corrected chi connectivity index (χ4v) is 2.05. The number of aliphatic carboxylic acids is 1. The molecule has 0 radical (unpaired) electrons. The van der Waals surface area contributed by atoms with Crippen LogP contribution in [0.25, 0.3) is 10.9 Å². The lowest BCUT2D eigenvalue weighted by Crippen LogP contribution is -2.32. The van der Waals surface area contributed by atoms with Crippen LogP contribution in [0.15, 0.2) is 24.4 Å². The van der Waals surface area contributed by atoms with Crippen LogP contribution in [0, 0.1) is 12.3 Å². The Labute approximate surface area is 105 Å². The van der Waals surface area contributed by atoms with Gasteiger partial charge in [0.1, 0.15) is 6.04 Å². The molecule has 0 saturated heterocycles. The van der Waals surface area contributed by atoms with Gasteiger partial charge in [-0.15, -0.1) is 6.42 Å². The molecule has 4 nitrogen and oxygen atoms in total. The molecule has 1 unspecified atom stereocenters. The average molecular weight is 242 g/mol. The van der Waals surface area contributed by atoms with Gasteiger partial charge in [0.05, 0.1) is 0 Å². The van der Waals surface area contributed by atoms with Crippen molar-refractivity contribution in [2.75, 3.05) is 0 Å². The van der Waals surface area contributed by atoms with Gasteiger partial charge in [-0.1, -0.05) is 5.92 Å². The van der Waals surface area contributed by atoms with Gasteiger partial charge in [-0.05, 0) is 23.8 Å². The Morgan fingerprint density at radius 2 is 2.33 bits per heavy atom. The summed E-state index contributed by atoms with van der Waals surface area (Å²) in [5, 5.41) is 9.82. The fraction of sp³-hybridized carbons (Fsp3) is 0.214. The van der Waals surface area contributed by atoms with E-state index in [1.54, 1.807) is 0 Å². The van der Waals surface area contributed by atoms with E-state index in [0.717, 1.165) is 22.0 Å². The fourth-order valence-electron chi connectivity index (χ4n) is 2.05. The molecule has 0 amide bonds. The number of fused-ring (bicyclic) bond motifs is 1. The number of hydrogen-bond donors (Lipinski definition) is 2. The van der Waals surface area contributed by atoms with Gasteiger partial charge in [0.2, 0.25) is 0 Å². The molecular formula is C14H14N2O2. The van der Waals surface area contributed by atoms with Crippen LogP contribution in [0.1, 0.15) is 11.1 Å². The molecule has 3 N–H and O–H groups in total. The van der Waals surface area contributed by atoms with Crippen LogP contribution in [0.4, 0.5) is 0 Å². The van der Waals surface area contributed by atoms with Crippen LogP contribution in [-0.2, 0) is 18.3 Å². The van der Waals surface area contributed by atoms with Gasteiger partial charge in [-0.2, -0.15) is 0 Å². The maximum absolute atomic E-state index is 10.8. The summed E-state index contributed by atoms with van der Waals surface area (Å²) < 4.78 is 1.94. The molecule has 0 bridgehead atoms. The summed E-state index contributed by atoms with van der Waals surface area (Å²) in [6.07, 6.45) is 7.56. The van der Waals surface area contributed by atoms with Crippen molar-refractivity contribution in [1.29, 1.82) is 0 Å². The number of nitrogens with zero attached hydrogens (tertiary/aromatic N) is 1. The van der Waals surface area contributed by atoms with Crippen molar-refractivity contribution >= 4 is 16.9 Å². The van der Waals surface area contributed by atoms with Crippen molar-refractivity contribution in [3.05, 3.63) is 35.5 Å². The first kappa shape index (κ1) is 12.2. The van der Waals surface area contributed by atoms with E-state index in [-0.39, 0.29) is 0 Å². The Hall–Kier alpha value is -2.25. The second-order valence-corrected chi connectivity index (χ2v) is 4.29. The molecule has 1 aromatic heterocycles. The number of carboxylic acids is 1. The zero-order chi connectivity index (χ0) is 13.3. The molecule has 0 aliphatic carbocycles. The second kappa shape index (κ2) is 4.55. The van der Waals surface area contributed by atoms with Crippen LogP contribution < -0.4 is 5.73 Å². The highest BCUT2D eigenvalue weighted by atomic mass is 16.4. The maximum Gasteiger partial charge on any atom is 0.320 e. The lowest BCUT2D eigenvalue weighted by atomic mass is 10.0. The molecule has 1 atom stereocenters. The third kappa shape index (κ3) is 2.08. The summed E-state index contributed by atoms with van der Waals surface area (Å²) in [7, 11) is 1.91. The van der Waals surface area contributed by atoms with E-state index >= 15 is 0 Å². The predicted octanol–water partition coefficient (Wildman–Crippen LogP) is 1.11. The predicted molar refractivity (Wildman–Crippen MR) is 70.2 cm³/mol. The Balaban J connectivity index is 2.51. The van der Waals surface area contributed by atoms with Crippen molar-refractivity contribution in [2.45, 2.75) is 12.5 Å². The summed E-state index contributed by atoms with van der Waals surface area (Å²) in [5.74, 6) is 1.57. The SMILES string of the molecule is C#Cc1ccc2c(c1)c(CC(N)C(=O)O)cn2C. The monoisotopic (exact) mass is 242 g/mol. The summed E-state index contributed by atoms with van der Waals surface area (Å²) in [6, 6.07) is 4.79. The molecular weight excluding hydrogens is 228 g/mol. The third-order valence-electron chi connectivity index (χ3n) is 3.00. The second-order valence-electron chi connectivity index (χ2n) is 4.29. The average Bonchev–Trinajstić information content (AvgIpc) is 2.65. The van der Waals surface area contributed by atoms with Gasteiger partial charge in [0.25, 0.3) is 0 Å². The summed E-state index contributed by atoms with van der Waals surface area (Å²) >= 11 is 0. The van der Waals surface area contributed by atoms with Crippen molar-refractivity contribution in [3.63, 3.8) is 0 Å². The first-order valence-electron chi connectivity index (χ1n) is 5.56. The molecule has 4 heteroatoms. The smallest absolute Gasteiger partial charge is 0.320 e. The minimum atomic E-state index is -1.000. The molecule has 2 aromatic rings. The molecule has 0 aliphatic rings. The standard InChI is InChI=1S/C14H14N2O2/c1-3-9-4-5-13-11(6-9)10(8-16(13)2)7-12(15)14(17)18/h1,4-6,8,12H,7,15H2,2H3,(H,17,18). The van der Waals surface area contributed by atoms with Gasteiger partial charge in [0, 0.05) is 36.1 Å². The minimum absolute atomic E-state index is 0.292. The maximum atomic E-state index is 10.8. The Morgan fingerprint density at radius 1 is 1.61 bits per heavy atom. The highest BCUT2D eigenvalue weighted by molar-refractivity contribution is 5.86. The normalized spacial score (nSPS) is 12.3. The van der Waals surface area contributed by atoms with Crippen LogP contribution in [0.5, 0.6) is 0 Å². The number of carbonyl (C=O) groups is 1. The van der Waals surface area contributed by atoms with E-state index in [1.807, 2.05) is 36.0 Å². The van der Waals surface area contributed by atoms with E-state index in [2.05, 4.69) is 5.92 Å². The zero-order valence-corrected chi connectivity index (χ0v) is 10.1. The molecule has 2 rings (SSSR count). The molecule has 0 saturated carbocycles. The van der Waals surface area contributed by atoms with Crippen molar-refractivity contribution in [2.24, 2.45) is 12.8 Å². The molecule has 0 spiro atoms. The van der Waals surface area contributed by atoms with Crippen LogP contribution >= 0.6 is 0 Å². The lowest BCUT2D eigenvalue weighted by Gasteiger charge is -2.04. The molecule has 0 fully saturated rings.